The number of rotatable bonds is 6. The second-order valence-electron chi connectivity index (χ2n) is 26.7. The molecule has 0 fully saturated rings. The summed E-state index contributed by atoms with van der Waals surface area (Å²) in [7, 11) is 0. The van der Waals surface area contributed by atoms with Crippen molar-refractivity contribution in [3.05, 3.63) is 305 Å². The summed E-state index contributed by atoms with van der Waals surface area (Å²) >= 11 is 0. The summed E-state index contributed by atoms with van der Waals surface area (Å²) < 4.78 is 16.7. The van der Waals surface area contributed by atoms with Gasteiger partial charge in [0.2, 0.25) is 0 Å². The Morgan fingerprint density at radius 2 is 0.898 bits per heavy atom. The molecule has 0 bridgehead atoms. The third-order valence-electron chi connectivity index (χ3n) is 20.0. The second kappa shape index (κ2) is 18.3. The molecular weight excluding hydrogens is 1070 g/mol. The van der Waals surface area contributed by atoms with Crippen LogP contribution in [0.3, 0.4) is 0 Å². The lowest BCUT2D eigenvalue weighted by atomic mass is 9.60. The van der Waals surface area contributed by atoms with E-state index >= 15 is 0 Å². The van der Waals surface area contributed by atoms with Crippen LogP contribution in [0.25, 0.3) is 87.8 Å². The lowest BCUT2D eigenvalue weighted by molar-refractivity contribution is 0.447. The van der Waals surface area contributed by atoms with Crippen molar-refractivity contribution in [1.82, 2.24) is 4.57 Å². The third kappa shape index (κ3) is 6.98. The summed E-state index contributed by atoms with van der Waals surface area (Å²) in [5, 5.41) is 9.29. The molecule has 0 saturated heterocycles. The van der Waals surface area contributed by atoms with Crippen LogP contribution in [0.15, 0.2) is 270 Å². The first-order chi connectivity index (χ1) is 42.9. The zero-order valence-corrected chi connectivity index (χ0v) is 50.1. The van der Waals surface area contributed by atoms with Crippen molar-refractivity contribution in [2.75, 3.05) is 9.80 Å². The topological polar surface area (TPSA) is 37.7 Å². The van der Waals surface area contributed by atoms with Gasteiger partial charge in [-0.15, -0.1) is 0 Å². The summed E-state index contributed by atoms with van der Waals surface area (Å²) in [5.74, 6) is -0.243. The van der Waals surface area contributed by atoms with Gasteiger partial charge in [-0.25, -0.2) is 0 Å². The standard InChI is InChI=1S/C83H63N3O2/c1-81(2,3)50-40-44-52(45-41-50)84(70-36-20-30-62-57-25-12-17-38-74(57)87-79(62)70)72-48-66-76(59-27-9-7-22-54(59)72)77-60-28-10-8-23-55(60)73(85(53-46-42-51(43-47-53)82(4,5)6)71-37-21-31-63-58-26-13-18-39-75(58)88-80(63)71)49-67(77)83(66)64-32-14-16-35-69(64)86-68-34-15-11-24-56(68)61-29-19-33-65(83)78(61)86/h7-49,66,76H,1-6H3. The van der Waals surface area contributed by atoms with E-state index in [2.05, 4.69) is 317 Å². The molecule has 1 aliphatic heterocycles. The number of allylic oxidation sites excluding steroid dienone is 1. The Labute approximate surface area is 511 Å². The van der Waals surface area contributed by atoms with Crippen LogP contribution in [0.2, 0.25) is 0 Å². The van der Waals surface area contributed by atoms with Crippen molar-refractivity contribution in [3.63, 3.8) is 0 Å². The van der Waals surface area contributed by atoms with Crippen molar-refractivity contribution < 1.29 is 8.83 Å². The molecule has 5 heteroatoms. The van der Waals surface area contributed by atoms with Crippen LogP contribution in [0.4, 0.5) is 28.4 Å². The Morgan fingerprint density at radius 1 is 0.398 bits per heavy atom. The van der Waals surface area contributed by atoms with Crippen molar-refractivity contribution in [1.29, 1.82) is 0 Å². The fraction of sp³-hybridized carbons (Fsp3) is 0.133. The van der Waals surface area contributed by atoms with E-state index in [9.17, 15) is 0 Å². The number of anilines is 5. The monoisotopic (exact) mass is 1130 g/mol. The Morgan fingerprint density at radius 3 is 1.56 bits per heavy atom. The minimum atomic E-state index is -0.766. The van der Waals surface area contributed by atoms with E-state index in [1.807, 2.05) is 0 Å². The number of benzene rings is 12. The Balaban J connectivity index is 0.997. The van der Waals surface area contributed by atoms with Gasteiger partial charge in [0.15, 0.2) is 11.2 Å². The van der Waals surface area contributed by atoms with E-state index in [1.54, 1.807) is 0 Å². The summed E-state index contributed by atoms with van der Waals surface area (Å²) in [6, 6.07) is 95.6. The smallest absolute Gasteiger partial charge is 0.159 e. The molecule has 0 N–H and O–H groups in total. The maximum atomic E-state index is 7.08. The lowest BCUT2D eigenvalue weighted by Crippen LogP contribution is -2.40. The summed E-state index contributed by atoms with van der Waals surface area (Å²) in [5.41, 5.74) is 22.9. The zero-order valence-electron chi connectivity index (χ0n) is 50.1. The maximum absolute atomic E-state index is 7.08. The van der Waals surface area contributed by atoms with E-state index in [1.165, 1.54) is 82.8 Å². The van der Waals surface area contributed by atoms with Crippen molar-refractivity contribution >= 4 is 111 Å². The lowest BCUT2D eigenvalue weighted by Gasteiger charge is -2.45. The van der Waals surface area contributed by atoms with E-state index < -0.39 is 5.41 Å². The first kappa shape index (κ1) is 50.9. The Hall–Kier alpha value is -10.4. The molecule has 4 heterocycles. The van der Waals surface area contributed by atoms with Crippen LogP contribution < -0.4 is 9.80 Å². The molecule has 0 radical (unpaired) electrons. The Kier molecular flexibility index (Phi) is 10.6. The first-order valence-corrected chi connectivity index (χ1v) is 31.1. The van der Waals surface area contributed by atoms with Crippen molar-refractivity contribution in [2.45, 2.75) is 63.7 Å². The number of nitrogens with zero attached hydrogens (tertiary/aromatic N) is 3. The SMILES string of the molecule is CC(C)(C)c1ccc(N(C2=CC3C(c4ccccc42)c2c(cc(N(c4ccc(C(C)(C)C)cc4)c4cccc5c4oc4ccccc45)c4ccccc24)C32c3ccccc3-n3c4ccccc4c4cccc2c43)c2cccc3c2oc2ccccc23)cc1. The predicted molar refractivity (Wildman–Crippen MR) is 366 cm³/mol. The Bertz CT molecular complexity index is 5450. The van der Waals surface area contributed by atoms with Gasteiger partial charge in [0.05, 0.1) is 44.9 Å². The molecule has 3 aliphatic rings. The zero-order chi connectivity index (χ0) is 58.9. The molecular formula is C83H63N3O2. The molecule has 2 aliphatic carbocycles. The second-order valence-corrected chi connectivity index (χ2v) is 26.7. The normalized spacial score (nSPS) is 16.9. The van der Waals surface area contributed by atoms with Crippen LogP contribution in [0.5, 0.6) is 0 Å². The highest BCUT2D eigenvalue weighted by atomic mass is 16.3. The average Bonchev–Trinajstić information content (AvgIpc) is 1.49. The number of hydrogen-bond acceptors (Lipinski definition) is 4. The number of hydrogen-bond donors (Lipinski definition) is 0. The van der Waals surface area contributed by atoms with Crippen LogP contribution in [-0.4, -0.2) is 4.57 Å². The van der Waals surface area contributed by atoms with Crippen LogP contribution in [0, 0.1) is 5.92 Å². The van der Waals surface area contributed by atoms with Crippen molar-refractivity contribution in [3.8, 4) is 5.69 Å². The van der Waals surface area contributed by atoms with Gasteiger partial charge < -0.3 is 23.2 Å². The molecule has 5 nitrogen and oxygen atoms in total. The molecule has 3 aromatic heterocycles. The summed E-state index contributed by atoms with van der Waals surface area (Å²) in [6.45, 7) is 13.8. The van der Waals surface area contributed by atoms with Gasteiger partial charge >= 0.3 is 0 Å². The van der Waals surface area contributed by atoms with Gasteiger partial charge in [-0.3, -0.25) is 0 Å². The van der Waals surface area contributed by atoms with Gasteiger partial charge in [0.1, 0.15) is 11.2 Å². The summed E-state index contributed by atoms with van der Waals surface area (Å²) in [4.78, 5) is 5.03. The highest BCUT2D eigenvalue weighted by Gasteiger charge is 2.59. The molecule has 3 unspecified atom stereocenters. The fourth-order valence-electron chi connectivity index (χ4n) is 16.1. The van der Waals surface area contributed by atoms with E-state index in [0.29, 0.717) is 0 Å². The molecule has 0 amide bonds. The van der Waals surface area contributed by atoms with Gasteiger partial charge in [-0.05, 0) is 122 Å². The van der Waals surface area contributed by atoms with Crippen LogP contribution in [-0.2, 0) is 16.2 Å². The van der Waals surface area contributed by atoms with E-state index in [4.69, 9.17) is 8.83 Å². The molecule has 3 atom stereocenters. The van der Waals surface area contributed by atoms with E-state index in [-0.39, 0.29) is 22.7 Å². The van der Waals surface area contributed by atoms with E-state index in [0.717, 1.165) is 78.0 Å². The van der Waals surface area contributed by atoms with Gasteiger partial charge in [-0.2, -0.15) is 0 Å². The number of furan rings is 2. The summed E-state index contributed by atoms with van der Waals surface area (Å²) in [6.07, 6.45) is 2.70. The van der Waals surface area contributed by atoms with Crippen LogP contribution in [0.1, 0.15) is 92.0 Å². The minimum Gasteiger partial charge on any atom is -0.454 e. The van der Waals surface area contributed by atoms with Crippen molar-refractivity contribution in [2.24, 2.45) is 5.92 Å². The van der Waals surface area contributed by atoms with Gasteiger partial charge in [0.25, 0.3) is 0 Å². The molecule has 1 spiro atoms. The molecule has 12 aromatic carbocycles. The quantitative estimate of drug-likeness (QED) is 0.166. The van der Waals surface area contributed by atoms with Crippen LogP contribution >= 0.6 is 0 Å². The number of para-hydroxylation sites is 7. The molecule has 15 aromatic rings. The largest absolute Gasteiger partial charge is 0.454 e. The molecule has 0 saturated carbocycles. The first-order valence-electron chi connectivity index (χ1n) is 31.1. The third-order valence-corrected chi connectivity index (χ3v) is 20.0. The maximum Gasteiger partial charge on any atom is 0.159 e. The number of fused-ring (bicyclic) bond motifs is 22. The molecule has 422 valence electrons. The fourth-order valence-corrected chi connectivity index (χ4v) is 16.1. The predicted octanol–water partition coefficient (Wildman–Crippen LogP) is 22.4. The average molecular weight is 1130 g/mol. The molecule has 18 rings (SSSR count). The minimum absolute atomic E-state index is 0.0441. The van der Waals surface area contributed by atoms with Gasteiger partial charge in [0, 0.05) is 66.5 Å². The highest BCUT2D eigenvalue weighted by molar-refractivity contribution is 6.16. The highest BCUT2D eigenvalue weighted by Crippen LogP contribution is 2.68. The molecule has 88 heavy (non-hydrogen) atoms. The number of aromatic nitrogens is 1. The van der Waals surface area contributed by atoms with Gasteiger partial charge in [-0.1, -0.05) is 236 Å².